The number of thiophene rings is 1. The van der Waals surface area contributed by atoms with E-state index < -0.39 is 23.2 Å². The smallest absolute Gasteiger partial charge is 0.412 e. The summed E-state index contributed by atoms with van der Waals surface area (Å²) in [5, 5.41) is 12.7. The Morgan fingerprint density at radius 1 is 1.00 bits per heavy atom. The summed E-state index contributed by atoms with van der Waals surface area (Å²) < 4.78 is 6.32. The van der Waals surface area contributed by atoms with Crippen molar-refractivity contribution in [1.29, 1.82) is 0 Å². The van der Waals surface area contributed by atoms with E-state index in [2.05, 4.69) is 13.8 Å². The minimum Gasteiger partial charge on any atom is -0.431 e. The number of carbonyl (C=O) groups excluding carboxylic acids is 1. The fraction of sp³-hybridized carbons (Fsp3) is 0.320. The molecule has 0 radical (unpaired) electrons. The van der Waals surface area contributed by atoms with Gasteiger partial charge in [-0.25, -0.2) is 4.79 Å². The monoisotopic (exact) mass is 453 g/mol. The van der Waals surface area contributed by atoms with Crippen molar-refractivity contribution in [3.05, 3.63) is 94.2 Å². The van der Waals surface area contributed by atoms with Gasteiger partial charge in [-0.15, -0.1) is 23.1 Å². The molecular weight excluding hydrogens is 426 g/mol. The highest BCUT2D eigenvalue weighted by Gasteiger charge is 2.59. The van der Waals surface area contributed by atoms with Crippen LogP contribution < -0.4 is 0 Å². The van der Waals surface area contributed by atoms with Crippen LogP contribution in [0.1, 0.15) is 36.0 Å². The highest BCUT2D eigenvalue weighted by atomic mass is 32.2. The average molecular weight is 454 g/mol. The number of carbonyl (C=O) groups is 1. The van der Waals surface area contributed by atoms with Gasteiger partial charge < -0.3 is 9.84 Å². The van der Waals surface area contributed by atoms with Crippen LogP contribution in [0.15, 0.2) is 78.2 Å². The molecule has 31 heavy (non-hydrogen) atoms. The molecule has 2 heterocycles. The zero-order valence-corrected chi connectivity index (χ0v) is 19.5. The Hall–Kier alpha value is -2.28. The van der Waals surface area contributed by atoms with E-state index in [1.807, 2.05) is 84.4 Å². The maximum atomic E-state index is 13.5. The Morgan fingerprint density at radius 2 is 1.58 bits per heavy atom. The first-order valence-corrected chi connectivity index (χ1v) is 12.5. The molecule has 0 aliphatic carbocycles. The number of rotatable bonds is 7. The van der Waals surface area contributed by atoms with Crippen molar-refractivity contribution in [3.63, 3.8) is 0 Å². The number of aliphatic hydroxyl groups is 1. The van der Waals surface area contributed by atoms with E-state index in [1.165, 1.54) is 23.1 Å². The second-order valence-corrected chi connectivity index (χ2v) is 9.95. The van der Waals surface area contributed by atoms with Crippen molar-refractivity contribution in [1.82, 2.24) is 4.90 Å². The van der Waals surface area contributed by atoms with Gasteiger partial charge in [-0.3, -0.25) is 4.90 Å². The van der Waals surface area contributed by atoms with Crippen LogP contribution in [0.3, 0.4) is 0 Å². The lowest BCUT2D eigenvalue weighted by molar-refractivity contribution is 0.0483. The molecule has 4 rings (SSSR count). The number of cyclic esters (lactones) is 1. The minimum atomic E-state index is -0.961. The summed E-state index contributed by atoms with van der Waals surface area (Å²) in [5.74, 6) is 0.0806. The molecule has 162 valence electrons. The van der Waals surface area contributed by atoms with Crippen LogP contribution >= 0.6 is 23.1 Å². The average Bonchev–Trinajstić information content (AvgIpc) is 3.43. The molecule has 0 unspecified atom stereocenters. The van der Waals surface area contributed by atoms with E-state index in [0.29, 0.717) is 0 Å². The summed E-state index contributed by atoms with van der Waals surface area (Å²) in [4.78, 5) is 16.1. The van der Waals surface area contributed by atoms with Crippen molar-refractivity contribution in [3.8, 4) is 0 Å². The lowest BCUT2D eigenvalue weighted by Gasteiger charge is -2.41. The minimum absolute atomic E-state index is 0.0806. The first-order chi connectivity index (χ1) is 15.0. The summed E-state index contributed by atoms with van der Waals surface area (Å²) in [6.45, 7) is 4.21. The predicted molar refractivity (Wildman–Crippen MR) is 127 cm³/mol. The molecule has 0 saturated carbocycles. The maximum absolute atomic E-state index is 13.5. The Balaban J connectivity index is 1.88. The van der Waals surface area contributed by atoms with Crippen molar-refractivity contribution in [2.24, 2.45) is 5.92 Å². The van der Waals surface area contributed by atoms with Crippen molar-refractivity contribution in [2.45, 2.75) is 37.0 Å². The molecule has 1 N–H and O–H groups in total. The van der Waals surface area contributed by atoms with E-state index in [4.69, 9.17) is 4.74 Å². The second-order valence-electron chi connectivity index (χ2n) is 8.02. The lowest BCUT2D eigenvalue weighted by Crippen LogP contribution is -2.51. The molecule has 0 bridgehead atoms. The van der Waals surface area contributed by atoms with Crippen LogP contribution in [0.25, 0.3) is 0 Å². The Labute approximate surface area is 191 Å². The number of nitrogens with zero attached hydrogens (tertiary/aromatic N) is 1. The zero-order valence-electron chi connectivity index (χ0n) is 17.8. The number of thioether (sulfide) groups is 1. The normalized spacial score (nSPS) is 20.0. The molecule has 0 spiro atoms. The first kappa shape index (κ1) is 21.9. The van der Waals surface area contributed by atoms with Gasteiger partial charge in [0.1, 0.15) is 11.5 Å². The fourth-order valence-electron chi connectivity index (χ4n) is 4.61. The van der Waals surface area contributed by atoms with Crippen LogP contribution in [-0.2, 0) is 10.3 Å². The molecule has 1 aliphatic heterocycles. The van der Waals surface area contributed by atoms with Crippen LogP contribution in [0.4, 0.5) is 4.79 Å². The number of hydrogen-bond donors (Lipinski definition) is 1. The van der Waals surface area contributed by atoms with Gasteiger partial charge in [-0.05, 0) is 23.6 Å². The van der Waals surface area contributed by atoms with Gasteiger partial charge >= 0.3 is 6.09 Å². The molecule has 4 nitrogen and oxygen atoms in total. The van der Waals surface area contributed by atoms with E-state index >= 15 is 0 Å². The molecule has 1 aliphatic rings. The topological polar surface area (TPSA) is 49.8 Å². The lowest BCUT2D eigenvalue weighted by atomic mass is 9.75. The summed E-state index contributed by atoms with van der Waals surface area (Å²) in [5.41, 5.74) is 0.902. The zero-order chi connectivity index (χ0) is 22.0. The number of benzene rings is 2. The van der Waals surface area contributed by atoms with Crippen molar-refractivity contribution >= 4 is 29.2 Å². The Bertz CT molecular complexity index is 953. The second kappa shape index (κ2) is 9.07. The van der Waals surface area contributed by atoms with Gasteiger partial charge in [0.2, 0.25) is 0 Å². The third-order valence-electron chi connectivity index (χ3n) is 5.83. The highest BCUT2D eigenvalue weighted by Crippen LogP contribution is 2.50. The number of ether oxygens (including phenoxy) is 1. The van der Waals surface area contributed by atoms with Gasteiger partial charge in [0, 0.05) is 16.0 Å². The van der Waals surface area contributed by atoms with Crippen LogP contribution in [-0.4, -0.2) is 33.8 Å². The molecule has 1 amide bonds. The summed E-state index contributed by atoms with van der Waals surface area (Å²) in [7, 11) is 0. The van der Waals surface area contributed by atoms with Gasteiger partial charge in [0.05, 0.1) is 6.04 Å². The van der Waals surface area contributed by atoms with Crippen LogP contribution in [0, 0.1) is 5.92 Å². The van der Waals surface area contributed by atoms with E-state index in [0.717, 1.165) is 16.0 Å². The molecule has 2 aromatic carbocycles. The van der Waals surface area contributed by atoms with Gasteiger partial charge in [0.25, 0.3) is 0 Å². The molecular formula is C25H27NO3S2. The quantitative estimate of drug-likeness (QED) is 0.484. The van der Waals surface area contributed by atoms with Crippen LogP contribution in [0.5, 0.6) is 0 Å². The highest BCUT2D eigenvalue weighted by molar-refractivity contribution is 7.99. The summed E-state index contributed by atoms with van der Waals surface area (Å²) in [6.07, 6.45) is 0.726. The van der Waals surface area contributed by atoms with Crippen LogP contribution in [0.2, 0.25) is 0 Å². The summed E-state index contributed by atoms with van der Waals surface area (Å²) >= 11 is 2.97. The number of aliphatic hydroxyl groups excluding tert-OH is 1. The molecule has 1 saturated heterocycles. The number of amides is 1. The van der Waals surface area contributed by atoms with E-state index in [-0.39, 0.29) is 12.0 Å². The largest absolute Gasteiger partial charge is 0.431 e. The van der Waals surface area contributed by atoms with E-state index in [9.17, 15) is 9.90 Å². The number of hydrogen-bond acceptors (Lipinski definition) is 5. The first-order valence-electron chi connectivity index (χ1n) is 10.4. The summed E-state index contributed by atoms with van der Waals surface area (Å²) in [6, 6.07) is 23.4. The predicted octanol–water partition coefficient (Wildman–Crippen LogP) is 5.89. The molecule has 1 fully saturated rings. The third-order valence-corrected chi connectivity index (χ3v) is 7.74. The maximum Gasteiger partial charge on any atom is 0.412 e. The molecule has 1 aromatic heterocycles. The van der Waals surface area contributed by atoms with E-state index in [1.54, 1.807) is 4.90 Å². The van der Waals surface area contributed by atoms with Gasteiger partial charge in [0.15, 0.2) is 5.60 Å². The van der Waals surface area contributed by atoms with Gasteiger partial charge in [-0.2, -0.15) is 0 Å². The van der Waals surface area contributed by atoms with Crippen molar-refractivity contribution in [2.75, 3.05) is 6.26 Å². The molecule has 3 atom stereocenters. The standard InChI is InChI=1S/C25H27NO3S2/c1-17(2)22-25(18-11-6-4-7-12-18,19-13-8-5-9-14-19)29-24(28)26(22)23(30-3)21(27)20-15-10-16-31-20/h4-17,21-23,27H,1-3H3/t21-,22+,23+/m1/s1. The Kier molecular flexibility index (Phi) is 6.42. The van der Waals surface area contributed by atoms with Crippen molar-refractivity contribution < 1.29 is 14.6 Å². The SMILES string of the molecule is CS[C@@H]([C@H](O)c1cccs1)N1C(=O)OC(c2ccccc2)(c2ccccc2)[C@@H]1C(C)C. The Morgan fingerprint density at radius 3 is 2.03 bits per heavy atom. The van der Waals surface area contributed by atoms with Gasteiger partial charge in [-0.1, -0.05) is 80.6 Å². The molecule has 3 aromatic rings. The fourth-order valence-corrected chi connectivity index (χ4v) is 6.28. The molecule has 6 heteroatoms. The third kappa shape index (κ3) is 3.77.